The van der Waals surface area contributed by atoms with Gasteiger partial charge in [-0.3, -0.25) is 4.90 Å². The first-order valence-corrected chi connectivity index (χ1v) is 11.1. The minimum absolute atomic E-state index is 0.219. The van der Waals surface area contributed by atoms with E-state index >= 15 is 0 Å². The predicted molar refractivity (Wildman–Crippen MR) is 107 cm³/mol. The molecule has 2 aliphatic rings. The molecule has 1 saturated carbocycles. The van der Waals surface area contributed by atoms with E-state index < -0.39 is 0 Å². The van der Waals surface area contributed by atoms with Crippen LogP contribution in [0, 0.1) is 4.77 Å². The van der Waals surface area contributed by atoms with Gasteiger partial charge in [-0.05, 0) is 49.3 Å². The molecule has 5 nitrogen and oxygen atoms in total. The Hall–Kier alpha value is -1.02. The van der Waals surface area contributed by atoms with Crippen molar-refractivity contribution in [3.63, 3.8) is 0 Å². The molecule has 1 N–H and O–H groups in total. The Morgan fingerprint density at radius 1 is 1.19 bits per heavy atom. The Balaban J connectivity index is 1.61. The highest BCUT2D eigenvalue weighted by molar-refractivity contribution is 7.71. The fourth-order valence-electron chi connectivity index (χ4n) is 4.30. The number of rotatable bonds is 5. The molecule has 0 aromatic carbocycles. The molecule has 0 radical (unpaired) electrons. The van der Waals surface area contributed by atoms with Crippen molar-refractivity contribution in [3.05, 3.63) is 33.0 Å². The second-order valence-electron chi connectivity index (χ2n) is 7.63. The molecule has 1 aliphatic heterocycles. The Morgan fingerprint density at radius 3 is 2.77 bits per heavy atom. The molecular formula is C19H28N4OS2. The van der Waals surface area contributed by atoms with Crippen LogP contribution in [0.1, 0.15) is 61.7 Å². The fourth-order valence-corrected chi connectivity index (χ4v) is 5.36. The van der Waals surface area contributed by atoms with E-state index in [0.29, 0.717) is 12.7 Å². The van der Waals surface area contributed by atoms with Crippen molar-refractivity contribution in [1.29, 1.82) is 0 Å². The second kappa shape index (κ2) is 8.33. The second-order valence-corrected chi connectivity index (χ2v) is 9.03. The van der Waals surface area contributed by atoms with Gasteiger partial charge in [0, 0.05) is 30.4 Å². The summed E-state index contributed by atoms with van der Waals surface area (Å²) in [6, 6.07) is 4.77. The molecule has 1 atom stereocenters. The Kier molecular flexibility index (Phi) is 5.88. The summed E-state index contributed by atoms with van der Waals surface area (Å²) in [5.74, 6) is 1.10. The molecule has 0 bridgehead atoms. The zero-order valence-corrected chi connectivity index (χ0v) is 16.9. The summed E-state index contributed by atoms with van der Waals surface area (Å²) in [5.41, 5.74) is 0. The molecular weight excluding hydrogens is 364 g/mol. The highest BCUT2D eigenvalue weighted by Gasteiger charge is 2.24. The van der Waals surface area contributed by atoms with Crippen LogP contribution in [0.2, 0.25) is 0 Å². The zero-order chi connectivity index (χ0) is 17.9. The number of thiophene rings is 1. The van der Waals surface area contributed by atoms with E-state index in [9.17, 15) is 5.11 Å². The molecule has 2 fully saturated rings. The highest BCUT2D eigenvalue weighted by atomic mass is 32.1. The summed E-state index contributed by atoms with van der Waals surface area (Å²) in [6.07, 6.45) is 8.91. The van der Waals surface area contributed by atoms with Gasteiger partial charge >= 0.3 is 0 Å². The number of hydrogen-bond donors (Lipinski definition) is 1. The Labute approximate surface area is 164 Å². The lowest BCUT2D eigenvalue weighted by molar-refractivity contribution is 0.0511. The van der Waals surface area contributed by atoms with E-state index in [2.05, 4.69) is 27.0 Å². The van der Waals surface area contributed by atoms with Crippen molar-refractivity contribution >= 4 is 23.6 Å². The Morgan fingerprint density at radius 2 is 2.04 bits per heavy atom. The van der Waals surface area contributed by atoms with Crippen molar-refractivity contribution in [3.8, 4) is 0 Å². The lowest BCUT2D eigenvalue weighted by Crippen LogP contribution is -2.39. The van der Waals surface area contributed by atoms with Gasteiger partial charge in [0.25, 0.3) is 0 Å². The van der Waals surface area contributed by atoms with Crippen LogP contribution in [0.5, 0.6) is 0 Å². The zero-order valence-electron chi connectivity index (χ0n) is 15.2. The van der Waals surface area contributed by atoms with Crippen molar-refractivity contribution in [2.24, 2.45) is 0 Å². The molecule has 0 spiro atoms. The van der Waals surface area contributed by atoms with Crippen molar-refractivity contribution in [2.75, 3.05) is 13.1 Å². The molecule has 1 saturated heterocycles. The molecule has 2 aromatic rings. The molecule has 3 heterocycles. The van der Waals surface area contributed by atoms with Crippen LogP contribution in [-0.2, 0) is 13.1 Å². The monoisotopic (exact) mass is 392 g/mol. The minimum Gasteiger partial charge on any atom is -0.392 e. The van der Waals surface area contributed by atoms with E-state index in [1.807, 2.05) is 4.68 Å². The SMILES string of the molecule is O[C@H]1CCCN(Cn2nc(Cc3cccs3)n(C3CCCCC3)c2=S)C1. The minimum atomic E-state index is -0.219. The number of hydrogen-bond acceptors (Lipinski definition) is 5. The number of β-amino-alcohol motifs (C(OH)–C–C–N with tert-alkyl or cyclic N) is 1. The van der Waals surface area contributed by atoms with Gasteiger partial charge < -0.3 is 9.67 Å². The number of likely N-dealkylation sites (tertiary alicyclic amines) is 1. The van der Waals surface area contributed by atoms with Crippen LogP contribution < -0.4 is 0 Å². The number of aromatic nitrogens is 3. The molecule has 0 unspecified atom stereocenters. The van der Waals surface area contributed by atoms with E-state index in [-0.39, 0.29) is 6.10 Å². The molecule has 4 rings (SSSR count). The van der Waals surface area contributed by atoms with Gasteiger partial charge in [0.05, 0.1) is 12.8 Å². The topological polar surface area (TPSA) is 46.2 Å². The smallest absolute Gasteiger partial charge is 0.199 e. The first-order chi connectivity index (χ1) is 12.7. The van der Waals surface area contributed by atoms with Gasteiger partial charge in [-0.2, -0.15) is 5.10 Å². The van der Waals surface area contributed by atoms with Crippen LogP contribution in [0.3, 0.4) is 0 Å². The molecule has 26 heavy (non-hydrogen) atoms. The van der Waals surface area contributed by atoms with E-state index in [0.717, 1.165) is 42.9 Å². The van der Waals surface area contributed by atoms with E-state index in [1.165, 1.54) is 37.0 Å². The summed E-state index contributed by atoms with van der Waals surface area (Å²) in [4.78, 5) is 3.61. The molecule has 142 valence electrons. The third kappa shape index (κ3) is 4.11. The average molecular weight is 393 g/mol. The number of aliphatic hydroxyl groups excluding tert-OH is 1. The molecule has 1 aliphatic carbocycles. The van der Waals surface area contributed by atoms with E-state index in [4.69, 9.17) is 17.3 Å². The fraction of sp³-hybridized carbons (Fsp3) is 0.684. The van der Waals surface area contributed by atoms with Crippen LogP contribution in [0.15, 0.2) is 17.5 Å². The van der Waals surface area contributed by atoms with Gasteiger partial charge in [-0.25, -0.2) is 4.68 Å². The number of nitrogens with zero attached hydrogens (tertiary/aromatic N) is 4. The first kappa shape index (κ1) is 18.3. The lowest BCUT2D eigenvalue weighted by atomic mass is 9.95. The maximum absolute atomic E-state index is 9.96. The van der Waals surface area contributed by atoms with Gasteiger partial charge in [0.2, 0.25) is 0 Å². The predicted octanol–water partition coefficient (Wildman–Crippen LogP) is 3.99. The summed E-state index contributed by atoms with van der Waals surface area (Å²) in [5, 5.41) is 17.0. The normalized spacial score (nSPS) is 22.7. The van der Waals surface area contributed by atoms with Gasteiger partial charge in [-0.1, -0.05) is 25.3 Å². The Bertz CT molecular complexity index is 761. The third-order valence-corrected chi connectivity index (χ3v) is 6.89. The number of aliphatic hydroxyl groups is 1. The summed E-state index contributed by atoms with van der Waals surface area (Å²) < 4.78 is 5.18. The molecule has 7 heteroatoms. The van der Waals surface area contributed by atoms with Crippen LogP contribution in [0.4, 0.5) is 0 Å². The van der Waals surface area contributed by atoms with Gasteiger partial charge in [0.15, 0.2) is 4.77 Å². The highest BCUT2D eigenvalue weighted by Crippen LogP contribution is 2.30. The lowest BCUT2D eigenvalue weighted by Gasteiger charge is -2.29. The number of piperidine rings is 1. The van der Waals surface area contributed by atoms with Crippen LogP contribution in [-0.4, -0.2) is 43.5 Å². The molecule has 2 aromatic heterocycles. The van der Waals surface area contributed by atoms with Crippen molar-refractivity contribution < 1.29 is 5.11 Å². The largest absolute Gasteiger partial charge is 0.392 e. The van der Waals surface area contributed by atoms with Crippen molar-refractivity contribution in [2.45, 2.75) is 70.2 Å². The summed E-state index contributed by atoms with van der Waals surface area (Å²) >= 11 is 7.65. The summed E-state index contributed by atoms with van der Waals surface area (Å²) in [7, 11) is 0. The molecule has 0 amide bonds. The van der Waals surface area contributed by atoms with Crippen LogP contribution >= 0.6 is 23.6 Å². The van der Waals surface area contributed by atoms with E-state index in [1.54, 1.807) is 11.3 Å². The summed E-state index contributed by atoms with van der Waals surface area (Å²) in [6.45, 7) is 2.42. The average Bonchev–Trinajstić information content (AvgIpc) is 3.25. The third-order valence-electron chi connectivity index (χ3n) is 5.61. The van der Waals surface area contributed by atoms with Crippen LogP contribution in [0.25, 0.3) is 0 Å². The van der Waals surface area contributed by atoms with Gasteiger partial charge in [0.1, 0.15) is 5.82 Å². The van der Waals surface area contributed by atoms with Gasteiger partial charge in [-0.15, -0.1) is 11.3 Å². The quantitative estimate of drug-likeness (QED) is 0.782. The first-order valence-electron chi connectivity index (χ1n) is 9.82. The maximum Gasteiger partial charge on any atom is 0.199 e. The van der Waals surface area contributed by atoms with Crippen molar-refractivity contribution in [1.82, 2.24) is 19.2 Å². The standard InChI is InChI=1S/C19H28N4OS2/c24-16-8-4-10-21(13-16)14-22-19(25)23(15-6-2-1-3-7-15)18(20-22)12-17-9-5-11-26-17/h5,9,11,15-16,24H,1-4,6-8,10,12-14H2/t16-/m0/s1. The maximum atomic E-state index is 9.96.